The number of nitrogens with zero attached hydrogens (tertiary/aromatic N) is 1. The van der Waals surface area contributed by atoms with Crippen molar-refractivity contribution in [3.63, 3.8) is 0 Å². The Morgan fingerprint density at radius 1 is 1.05 bits per heavy atom. The van der Waals surface area contributed by atoms with Gasteiger partial charge in [-0.2, -0.15) is 0 Å². The molecule has 1 aromatic rings. The van der Waals surface area contributed by atoms with Gasteiger partial charge in [0.25, 0.3) is 0 Å². The molecule has 0 heterocycles. The lowest BCUT2D eigenvalue weighted by molar-refractivity contribution is 0.642. The Labute approximate surface area is 120 Å². The molecule has 1 nitrogen and oxygen atoms in total. The van der Waals surface area contributed by atoms with Gasteiger partial charge in [0.05, 0.1) is 0 Å². The zero-order chi connectivity index (χ0) is 14.4. The molecule has 0 amide bonds. The molecule has 0 unspecified atom stereocenters. The summed E-state index contributed by atoms with van der Waals surface area (Å²) in [5.74, 6) is 1.30. The first kappa shape index (κ1) is 16.1. The summed E-state index contributed by atoms with van der Waals surface area (Å²) in [5, 5.41) is 0. The number of para-hydroxylation sites is 1. The molecule has 0 N–H and O–H groups in total. The Balaban J connectivity index is 3.26. The number of hydrogen-bond donors (Lipinski definition) is 0. The van der Waals surface area contributed by atoms with Crippen molar-refractivity contribution in [1.29, 1.82) is 0 Å². The number of anilines is 1. The molecule has 0 aliphatic heterocycles. The van der Waals surface area contributed by atoms with Gasteiger partial charge in [-0.05, 0) is 42.7 Å². The molecule has 1 rings (SSSR count). The van der Waals surface area contributed by atoms with Gasteiger partial charge < -0.3 is 4.90 Å². The smallest absolute Gasteiger partial charge is 0.0433 e. The van der Waals surface area contributed by atoms with Gasteiger partial charge in [-0.3, -0.25) is 0 Å². The van der Waals surface area contributed by atoms with Crippen molar-refractivity contribution in [2.75, 3.05) is 18.0 Å². The predicted molar refractivity (Wildman–Crippen MR) is 87.3 cm³/mol. The van der Waals surface area contributed by atoms with Crippen LogP contribution in [0.3, 0.4) is 0 Å². The molecule has 0 aliphatic carbocycles. The maximum atomic E-state index is 2.56. The Kier molecular flexibility index (Phi) is 6.41. The van der Waals surface area contributed by atoms with Crippen LogP contribution >= 0.6 is 0 Å². The second-order valence-corrected chi connectivity index (χ2v) is 6.19. The maximum absolute atomic E-state index is 2.56. The van der Waals surface area contributed by atoms with Crippen LogP contribution in [0.15, 0.2) is 18.2 Å². The van der Waals surface area contributed by atoms with E-state index in [1.165, 1.54) is 29.7 Å². The van der Waals surface area contributed by atoms with Gasteiger partial charge in [0, 0.05) is 18.8 Å². The highest BCUT2D eigenvalue weighted by Gasteiger charge is 2.16. The number of hydrogen-bond acceptors (Lipinski definition) is 1. The van der Waals surface area contributed by atoms with Crippen molar-refractivity contribution in [2.24, 2.45) is 5.92 Å². The van der Waals surface area contributed by atoms with Crippen molar-refractivity contribution in [3.8, 4) is 0 Å². The third-order valence-electron chi connectivity index (χ3n) is 3.59. The second kappa shape index (κ2) is 7.57. The van der Waals surface area contributed by atoms with Crippen LogP contribution in [0.5, 0.6) is 0 Å². The first-order chi connectivity index (χ1) is 9.01. The summed E-state index contributed by atoms with van der Waals surface area (Å²) < 4.78 is 0. The van der Waals surface area contributed by atoms with Crippen molar-refractivity contribution < 1.29 is 0 Å². The lowest BCUT2D eigenvalue weighted by atomic mass is 9.92. The van der Waals surface area contributed by atoms with Gasteiger partial charge in [-0.1, -0.05) is 52.8 Å². The van der Waals surface area contributed by atoms with Gasteiger partial charge in [-0.15, -0.1) is 0 Å². The minimum Gasteiger partial charge on any atom is -0.371 e. The Hall–Kier alpha value is -0.980. The Morgan fingerprint density at radius 2 is 1.74 bits per heavy atom. The van der Waals surface area contributed by atoms with Crippen LogP contribution in [0.2, 0.25) is 0 Å². The van der Waals surface area contributed by atoms with E-state index in [-0.39, 0.29) is 0 Å². The van der Waals surface area contributed by atoms with Crippen LogP contribution in [0.1, 0.15) is 65.0 Å². The summed E-state index contributed by atoms with van der Waals surface area (Å²) in [6.07, 6.45) is 2.39. The van der Waals surface area contributed by atoms with Crippen LogP contribution in [0.4, 0.5) is 5.69 Å². The van der Waals surface area contributed by atoms with Gasteiger partial charge in [0.2, 0.25) is 0 Å². The highest BCUT2D eigenvalue weighted by Crippen LogP contribution is 2.32. The van der Waals surface area contributed by atoms with E-state index < -0.39 is 0 Å². The Morgan fingerprint density at radius 3 is 2.21 bits per heavy atom. The van der Waals surface area contributed by atoms with Crippen LogP contribution in [0.25, 0.3) is 0 Å². The molecule has 1 heteroatoms. The summed E-state index contributed by atoms with van der Waals surface area (Å²) in [6.45, 7) is 16.0. The SMILES string of the molecule is CCCN(CC)c1c(CC(C)C)cccc1C(C)C. The fraction of sp³-hybridized carbons (Fsp3) is 0.667. The van der Waals surface area contributed by atoms with E-state index in [1.807, 2.05) is 0 Å². The predicted octanol–water partition coefficient (Wildman–Crippen LogP) is 5.24. The van der Waals surface area contributed by atoms with E-state index >= 15 is 0 Å². The van der Waals surface area contributed by atoms with E-state index in [2.05, 4.69) is 64.6 Å². The van der Waals surface area contributed by atoms with Crippen molar-refractivity contribution in [2.45, 2.75) is 60.3 Å². The molecule has 0 saturated heterocycles. The highest BCUT2D eigenvalue weighted by atomic mass is 15.1. The van der Waals surface area contributed by atoms with Crippen LogP contribution in [-0.2, 0) is 6.42 Å². The lowest BCUT2D eigenvalue weighted by Crippen LogP contribution is -2.26. The molecule has 0 radical (unpaired) electrons. The fourth-order valence-corrected chi connectivity index (χ4v) is 2.77. The molecule has 0 bridgehead atoms. The van der Waals surface area contributed by atoms with Crippen molar-refractivity contribution in [1.82, 2.24) is 0 Å². The molecule has 19 heavy (non-hydrogen) atoms. The second-order valence-electron chi connectivity index (χ2n) is 6.19. The van der Waals surface area contributed by atoms with E-state index in [0.29, 0.717) is 11.8 Å². The standard InChI is InChI=1S/C18H31N/c1-7-12-19(8-2)18-16(13-14(3)4)10-9-11-17(18)15(5)6/h9-11,14-15H,7-8,12-13H2,1-6H3. The molecule has 0 fully saturated rings. The molecule has 0 aliphatic rings. The summed E-state index contributed by atoms with van der Waals surface area (Å²) in [7, 11) is 0. The van der Waals surface area contributed by atoms with E-state index in [1.54, 1.807) is 0 Å². The quantitative estimate of drug-likeness (QED) is 0.648. The molecular formula is C18H31N. The molecule has 0 aromatic heterocycles. The normalized spacial score (nSPS) is 11.4. The molecule has 0 atom stereocenters. The first-order valence-corrected chi connectivity index (χ1v) is 7.87. The number of benzene rings is 1. The van der Waals surface area contributed by atoms with E-state index in [0.717, 1.165) is 13.1 Å². The fourth-order valence-electron chi connectivity index (χ4n) is 2.77. The van der Waals surface area contributed by atoms with Gasteiger partial charge in [-0.25, -0.2) is 0 Å². The summed E-state index contributed by atoms with van der Waals surface area (Å²) in [6, 6.07) is 6.86. The number of rotatable bonds is 7. The molecule has 108 valence electrons. The van der Waals surface area contributed by atoms with E-state index in [9.17, 15) is 0 Å². The Bertz CT molecular complexity index is 379. The average Bonchev–Trinajstić information content (AvgIpc) is 2.35. The van der Waals surface area contributed by atoms with Crippen LogP contribution < -0.4 is 4.90 Å². The van der Waals surface area contributed by atoms with E-state index in [4.69, 9.17) is 0 Å². The van der Waals surface area contributed by atoms with Crippen LogP contribution in [-0.4, -0.2) is 13.1 Å². The zero-order valence-electron chi connectivity index (χ0n) is 13.7. The van der Waals surface area contributed by atoms with Gasteiger partial charge in [0.15, 0.2) is 0 Å². The largest absolute Gasteiger partial charge is 0.371 e. The van der Waals surface area contributed by atoms with Gasteiger partial charge in [0.1, 0.15) is 0 Å². The van der Waals surface area contributed by atoms with Crippen molar-refractivity contribution >= 4 is 5.69 Å². The summed E-state index contributed by atoms with van der Waals surface area (Å²) in [4.78, 5) is 2.56. The highest BCUT2D eigenvalue weighted by molar-refractivity contribution is 5.61. The first-order valence-electron chi connectivity index (χ1n) is 7.87. The molecule has 0 saturated carbocycles. The minimum atomic E-state index is 0.591. The topological polar surface area (TPSA) is 3.24 Å². The molecule has 0 spiro atoms. The van der Waals surface area contributed by atoms with Crippen LogP contribution in [0, 0.1) is 5.92 Å². The third-order valence-corrected chi connectivity index (χ3v) is 3.59. The minimum absolute atomic E-state index is 0.591. The molecular weight excluding hydrogens is 230 g/mol. The summed E-state index contributed by atoms with van der Waals surface area (Å²) in [5.41, 5.74) is 4.54. The van der Waals surface area contributed by atoms with Gasteiger partial charge >= 0.3 is 0 Å². The lowest BCUT2D eigenvalue weighted by Gasteiger charge is -2.30. The van der Waals surface area contributed by atoms with Crippen molar-refractivity contribution in [3.05, 3.63) is 29.3 Å². The maximum Gasteiger partial charge on any atom is 0.0433 e. The zero-order valence-corrected chi connectivity index (χ0v) is 13.7. The third kappa shape index (κ3) is 4.26. The average molecular weight is 261 g/mol. The summed E-state index contributed by atoms with van der Waals surface area (Å²) >= 11 is 0. The monoisotopic (exact) mass is 261 g/mol. The molecule has 1 aromatic carbocycles.